The van der Waals surface area contributed by atoms with Crippen LogP contribution in [0.15, 0.2) is 4.52 Å². The summed E-state index contributed by atoms with van der Waals surface area (Å²) >= 11 is 0. The summed E-state index contributed by atoms with van der Waals surface area (Å²) in [6.07, 6.45) is 3.41. The van der Waals surface area contributed by atoms with Crippen LogP contribution in [0.4, 0.5) is 0 Å². The molecule has 1 aromatic heterocycles. The minimum absolute atomic E-state index is 0.151. The molecule has 0 radical (unpaired) electrons. The van der Waals surface area contributed by atoms with Crippen LogP contribution in [0.5, 0.6) is 0 Å². The van der Waals surface area contributed by atoms with Gasteiger partial charge < -0.3 is 14.9 Å². The molecule has 100 valence electrons. The molecule has 1 fully saturated rings. The molecule has 0 unspecified atom stereocenters. The van der Waals surface area contributed by atoms with Crippen LogP contribution in [0.1, 0.15) is 42.7 Å². The predicted octanol–water partition coefficient (Wildman–Crippen LogP) is 2.02. The van der Waals surface area contributed by atoms with Crippen LogP contribution in [0.3, 0.4) is 0 Å². The second kappa shape index (κ2) is 5.52. The fourth-order valence-electron chi connectivity index (χ4n) is 2.55. The van der Waals surface area contributed by atoms with E-state index in [4.69, 9.17) is 9.63 Å². The van der Waals surface area contributed by atoms with Crippen LogP contribution < -0.4 is 5.32 Å². The second-order valence-electron chi connectivity index (χ2n) is 5.07. The van der Waals surface area contributed by atoms with Gasteiger partial charge in [-0.3, -0.25) is 4.79 Å². The number of nitrogens with one attached hydrogen (secondary N) is 1. The van der Waals surface area contributed by atoms with Crippen molar-refractivity contribution in [1.29, 1.82) is 0 Å². The minimum Gasteiger partial charge on any atom is -0.481 e. The normalized spacial score (nSPS) is 24.1. The highest BCUT2D eigenvalue weighted by atomic mass is 16.5. The molecule has 2 N–H and O–H groups in total. The number of aryl methyl sites for hydroxylation is 2. The molecule has 0 amide bonds. The summed E-state index contributed by atoms with van der Waals surface area (Å²) in [7, 11) is 0. The van der Waals surface area contributed by atoms with Gasteiger partial charge in [-0.15, -0.1) is 0 Å². The second-order valence-corrected chi connectivity index (χ2v) is 5.07. The zero-order valence-electron chi connectivity index (χ0n) is 10.9. The molecule has 1 aliphatic rings. The number of carbonyl (C=O) groups is 1. The maximum absolute atomic E-state index is 10.9. The first-order chi connectivity index (χ1) is 8.58. The Balaban J connectivity index is 1.81. The van der Waals surface area contributed by atoms with E-state index in [2.05, 4.69) is 10.5 Å². The summed E-state index contributed by atoms with van der Waals surface area (Å²) in [5, 5.41) is 16.3. The van der Waals surface area contributed by atoms with E-state index in [9.17, 15) is 4.79 Å². The predicted molar refractivity (Wildman–Crippen MR) is 66.2 cm³/mol. The summed E-state index contributed by atoms with van der Waals surface area (Å²) in [5.41, 5.74) is 2.05. The van der Waals surface area contributed by atoms with Crippen molar-refractivity contribution in [3.05, 3.63) is 17.0 Å². The highest BCUT2D eigenvalue weighted by Crippen LogP contribution is 2.25. The van der Waals surface area contributed by atoms with E-state index in [1.54, 1.807) is 0 Å². The van der Waals surface area contributed by atoms with Gasteiger partial charge in [0.15, 0.2) is 0 Å². The van der Waals surface area contributed by atoms with E-state index in [0.717, 1.165) is 49.2 Å². The molecule has 0 bridgehead atoms. The van der Waals surface area contributed by atoms with Crippen molar-refractivity contribution >= 4 is 5.97 Å². The average Bonchev–Trinajstić information content (AvgIpc) is 2.67. The smallest absolute Gasteiger partial charge is 0.306 e. The highest BCUT2D eigenvalue weighted by Gasteiger charge is 2.25. The lowest BCUT2D eigenvalue weighted by atomic mass is 9.86. The standard InChI is InChI=1S/C13H20N2O3/c1-8-12(9(2)18-15-8)7-14-11-5-3-10(4-6-11)13(16)17/h10-11,14H,3-7H2,1-2H3,(H,16,17). The molecular weight excluding hydrogens is 232 g/mol. The number of aromatic nitrogens is 1. The zero-order valence-corrected chi connectivity index (χ0v) is 10.9. The van der Waals surface area contributed by atoms with E-state index in [0.29, 0.717) is 6.04 Å². The molecule has 0 atom stereocenters. The van der Waals surface area contributed by atoms with Crippen molar-refractivity contribution in [3.63, 3.8) is 0 Å². The Bertz CT molecular complexity index is 400. The number of carboxylic acids is 1. The number of nitrogens with zero attached hydrogens (tertiary/aromatic N) is 1. The number of rotatable bonds is 4. The Hall–Kier alpha value is -1.36. The summed E-state index contributed by atoms with van der Waals surface area (Å²) in [4.78, 5) is 10.9. The lowest BCUT2D eigenvalue weighted by Gasteiger charge is -2.26. The Labute approximate surface area is 107 Å². The van der Waals surface area contributed by atoms with E-state index < -0.39 is 5.97 Å². The molecule has 5 nitrogen and oxygen atoms in total. The summed E-state index contributed by atoms with van der Waals surface area (Å²) in [6, 6.07) is 0.411. The fourth-order valence-corrected chi connectivity index (χ4v) is 2.55. The fraction of sp³-hybridized carbons (Fsp3) is 0.692. The van der Waals surface area contributed by atoms with Crippen LogP contribution in [0, 0.1) is 19.8 Å². The molecule has 1 aromatic rings. The highest BCUT2D eigenvalue weighted by molar-refractivity contribution is 5.70. The monoisotopic (exact) mass is 252 g/mol. The lowest BCUT2D eigenvalue weighted by Crippen LogP contribution is -2.34. The number of aliphatic carboxylic acids is 1. The Morgan fingerprint density at radius 1 is 1.39 bits per heavy atom. The largest absolute Gasteiger partial charge is 0.481 e. The maximum Gasteiger partial charge on any atom is 0.306 e. The molecule has 1 saturated carbocycles. The molecule has 0 aromatic carbocycles. The van der Waals surface area contributed by atoms with E-state index in [1.165, 1.54) is 0 Å². The van der Waals surface area contributed by atoms with Gasteiger partial charge in [0.1, 0.15) is 5.76 Å². The van der Waals surface area contributed by atoms with Gasteiger partial charge in [-0.2, -0.15) is 0 Å². The van der Waals surface area contributed by atoms with Crippen molar-refractivity contribution in [3.8, 4) is 0 Å². The number of hydrogen-bond acceptors (Lipinski definition) is 4. The van der Waals surface area contributed by atoms with Gasteiger partial charge >= 0.3 is 5.97 Å². The van der Waals surface area contributed by atoms with Crippen molar-refractivity contribution in [2.75, 3.05) is 0 Å². The number of carboxylic acid groups (broad SMARTS) is 1. The first-order valence-electron chi connectivity index (χ1n) is 6.46. The van der Waals surface area contributed by atoms with Crippen LogP contribution in [0.25, 0.3) is 0 Å². The average molecular weight is 252 g/mol. The molecule has 1 heterocycles. The SMILES string of the molecule is Cc1noc(C)c1CNC1CCC(C(=O)O)CC1. The third-order valence-corrected chi connectivity index (χ3v) is 3.83. The van der Waals surface area contributed by atoms with Gasteiger partial charge in [0.25, 0.3) is 0 Å². The Morgan fingerprint density at radius 3 is 2.56 bits per heavy atom. The van der Waals surface area contributed by atoms with Crippen LogP contribution in [-0.4, -0.2) is 22.3 Å². The minimum atomic E-state index is -0.654. The van der Waals surface area contributed by atoms with Gasteiger partial charge in [0.05, 0.1) is 11.6 Å². The van der Waals surface area contributed by atoms with E-state index >= 15 is 0 Å². The quantitative estimate of drug-likeness (QED) is 0.857. The summed E-state index contributed by atoms with van der Waals surface area (Å²) in [6.45, 7) is 4.61. The first-order valence-corrected chi connectivity index (χ1v) is 6.46. The molecule has 1 aliphatic carbocycles. The third kappa shape index (κ3) is 2.90. The Morgan fingerprint density at radius 2 is 2.06 bits per heavy atom. The Kier molecular flexibility index (Phi) is 4.01. The van der Waals surface area contributed by atoms with Gasteiger partial charge in [0, 0.05) is 18.2 Å². The van der Waals surface area contributed by atoms with Crippen LogP contribution in [-0.2, 0) is 11.3 Å². The van der Waals surface area contributed by atoms with Crippen LogP contribution in [0.2, 0.25) is 0 Å². The van der Waals surface area contributed by atoms with Crippen molar-refractivity contribution in [2.45, 2.75) is 52.1 Å². The van der Waals surface area contributed by atoms with Crippen molar-refractivity contribution in [1.82, 2.24) is 10.5 Å². The molecule has 0 spiro atoms. The van der Waals surface area contributed by atoms with E-state index in [-0.39, 0.29) is 5.92 Å². The molecule has 5 heteroatoms. The molecule has 18 heavy (non-hydrogen) atoms. The molecule has 2 rings (SSSR count). The topological polar surface area (TPSA) is 75.4 Å². The van der Waals surface area contributed by atoms with Gasteiger partial charge in [-0.05, 0) is 39.5 Å². The van der Waals surface area contributed by atoms with Crippen molar-refractivity contribution in [2.24, 2.45) is 5.92 Å². The van der Waals surface area contributed by atoms with Crippen molar-refractivity contribution < 1.29 is 14.4 Å². The molecule has 0 saturated heterocycles. The third-order valence-electron chi connectivity index (χ3n) is 3.83. The summed E-state index contributed by atoms with van der Waals surface area (Å²) in [5.74, 6) is 0.0560. The van der Waals surface area contributed by atoms with E-state index in [1.807, 2.05) is 13.8 Å². The first kappa shape index (κ1) is 13.1. The van der Waals surface area contributed by atoms with Gasteiger partial charge in [-0.25, -0.2) is 0 Å². The van der Waals surface area contributed by atoms with Gasteiger partial charge in [0.2, 0.25) is 0 Å². The molecule has 0 aliphatic heterocycles. The van der Waals surface area contributed by atoms with Gasteiger partial charge in [-0.1, -0.05) is 5.16 Å². The maximum atomic E-state index is 10.9. The lowest BCUT2D eigenvalue weighted by molar-refractivity contribution is -0.142. The number of hydrogen-bond donors (Lipinski definition) is 2. The summed E-state index contributed by atoms with van der Waals surface area (Å²) < 4.78 is 5.12. The zero-order chi connectivity index (χ0) is 13.1. The molecular formula is C13H20N2O3. The van der Waals surface area contributed by atoms with Crippen LogP contribution >= 0.6 is 0 Å².